The predicted octanol–water partition coefficient (Wildman–Crippen LogP) is 2.91. The van der Waals surface area contributed by atoms with Gasteiger partial charge in [-0.1, -0.05) is 24.3 Å². The molecule has 1 rings (SSSR count). The summed E-state index contributed by atoms with van der Waals surface area (Å²) < 4.78 is 10.4. The summed E-state index contributed by atoms with van der Waals surface area (Å²) in [5, 5.41) is 0. The number of carbonyl (C=O) groups is 1. The van der Waals surface area contributed by atoms with Crippen LogP contribution in [0.15, 0.2) is 49.1 Å². The van der Waals surface area contributed by atoms with Crippen LogP contribution in [0.2, 0.25) is 0 Å². The molecule has 18 heavy (non-hydrogen) atoms. The molecule has 1 aromatic carbocycles. The van der Waals surface area contributed by atoms with E-state index < -0.39 is 0 Å². The van der Waals surface area contributed by atoms with Crippen LogP contribution in [-0.4, -0.2) is 19.2 Å². The fourth-order valence-electron chi connectivity index (χ4n) is 1.41. The van der Waals surface area contributed by atoms with E-state index in [1.165, 1.54) is 6.92 Å². The third-order valence-electron chi connectivity index (χ3n) is 2.22. The van der Waals surface area contributed by atoms with Gasteiger partial charge in [0.1, 0.15) is 19.0 Å². The highest BCUT2D eigenvalue weighted by Crippen LogP contribution is 2.18. The van der Waals surface area contributed by atoms with Crippen molar-refractivity contribution in [2.24, 2.45) is 0 Å². The fourth-order valence-corrected chi connectivity index (χ4v) is 1.41. The summed E-state index contributed by atoms with van der Waals surface area (Å²) in [7, 11) is 0. The number of benzene rings is 1. The maximum absolute atomic E-state index is 10.5. The number of hydrogen-bond acceptors (Lipinski definition) is 3. The third kappa shape index (κ3) is 5.34. The monoisotopic (exact) mass is 246 g/mol. The standard InChI is InChI=1S/C15H18O3/c1-3-8-14-9-4-5-10-15(14)18-12-7-6-11-17-13(2)16/h3-7,9-10H,1,8,11-12H2,2H3/b7-6-. The van der Waals surface area contributed by atoms with Gasteiger partial charge in [-0.25, -0.2) is 0 Å². The number of para-hydroxylation sites is 1. The predicted molar refractivity (Wildman–Crippen MR) is 71.6 cm³/mol. The Balaban J connectivity index is 2.38. The van der Waals surface area contributed by atoms with Gasteiger partial charge in [-0.2, -0.15) is 0 Å². The van der Waals surface area contributed by atoms with E-state index in [0.717, 1.165) is 17.7 Å². The molecular formula is C15H18O3. The van der Waals surface area contributed by atoms with E-state index in [1.807, 2.05) is 36.4 Å². The first-order chi connectivity index (χ1) is 8.74. The SMILES string of the molecule is C=CCc1ccccc1OC/C=C\COC(C)=O. The minimum absolute atomic E-state index is 0.281. The minimum atomic E-state index is -0.281. The zero-order valence-electron chi connectivity index (χ0n) is 10.6. The van der Waals surface area contributed by atoms with Crippen molar-refractivity contribution >= 4 is 5.97 Å². The smallest absolute Gasteiger partial charge is 0.302 e. The lowest BCUT2D eigenvalue weighted by Gasteiger charge is -2.08. The quantitative estimate of drug-likeness (QED) is 0.548. The number of hydrogen-bond donors (Lipinski definition) is 0. The Morgan fingerprint density at radius 3 is 2.72 bits per heavy atom. The van der Waals surface area contributed by atoms with Gasteiger partial charge in [-0.05, 0) is 30.2 Å². The highest BCUT2D eigenvalue weighted by atomic mass is 16.5. The van der Waals surface area contributed by atoms with E-state index in [4.69, 9.17) is 9.47 Å². The molecule has 0 aromatic heterocycles. The Labute approximate surface area is 108 Å². The molecule has 0 aliphatic rings. The van der Waals surface area contributed by atoms with Crippen molar-refractivity contribution in [1.29, 1.82) is 0 Å². The maximum Gasteiger partial charge on any atom is 0.302 e. The van der Waals surface area contributed by atoms with Gasteiger partial charge in [0.25, 0.3) is 0 Å². The van der Waals surface area contributed by atoms with Gasteiger partial charge >= 0.3 is 5.97 Å². The molecule has 3 heteroatoms. The van der Waals surface area contributed by atoms with E-state index in [1.54, 1.807) is 6.08 Å². The van der Waals surface area contributed by atoms with E-state index in [9.17, 15) is 4.79 Å². The molecule has 0 N–H and O–H groups in total. The van der Waals surface area contributed by atoms with E-state index >= 15 is 0 Å². The van der Waals surface area contributed by atoms with Gasteiger partial charge in [0, 0.05) is 6.92 Å². The Bertz CT molecular complexity index is 422. The highest BCUT2D eigenvalue weighted by Gasteiger charge is 1.99. The van der Waals surface area contributed by atoms with E-state index in [2.05, 4.69) is 6.58 Å². The second kappa shape index (κ2) is 8.12. The molecule has 1 aromatic rings. The van der Waals surface area contributed by atoms with Crippen molar-refractivity contribution in [3.05, 3.63) is 54.6 Å². The van der Waals surface area contributed by atoms with E-state index in [-0.39, 0.29) is 12.6 Å². The summed E-state index contributed by atoms with van der Waals surface area (Å²) in [5.74, 6) is 0.575. The average Bonchev–Trinajstić information content (AvgIpc) is 2.35. The van der Waals surface area contributed by atoms with Gasteiger partial charge in [0.2, 0.25) is 0 Å². The summed E-state index contributed by atoms with van der Waals surface area (Å²) >= 11 is 0. The van der Waals surface area contributed by atoms with Crippen LogP contribution in [0.5, 0.6) is 5.75 Å². The second-order valence-electron chi connectivity index (χ2n) is 3.69. The lowest BCUT2D eigenvalue weighted by molar-refractivity contribution is -0.139. The Morgan fingerprint density at radius 2 is 2.00 bits per heavy atom. The summed E-state index contributed by atoms with van der Waals surface area (Å²) in [6, 6.07) is 7.85. The normalized spacial score (nSPS) is 10.3. The first-order valence-corrected chi connectivity index (χ1v) is 5.84. The molecule has 0 spiro atoms. The van der Waals surface area contributed by atoms with Crippen LogP contribution in [0.3, 0.4) is 0 Å². The van der Waals surface area contributed by atoms with Crippen molar-refractivity contribution in [3.63, 3.8) is 0 Å². The summed E-state index contributed by atoms with van der Waals surface area (Å²) in [6.07, 6.45) is 6.22. The second-order valence-corrected chi connectivity index (χ2v) is 3.69. The molecule has 0 aliphatic carbocycles. The zero-order valence-corrected chi connectivity index (χ0v) is 10.6. The molecule has 3 nitrogen and oxygen atoms in total. The van der Waals surface area contributed by atoms with Crippen molar-refractivity contribution < 1.29 is 14.3 Å². The number of allylic oxidation sites excluding steroid dienone is 1. The Morgan fingerprint density at radius 1 is 1.28 bits per heavy atom. The highest BCUT2D eigenvalue weighted by molar-refractivity contribution is 5.65. The summed E-state index contributed by atoms with van der Waals surface area (Å²) in [4.78, 5) is 10.5. The van der Waals surface area contributed by atoms with Gasteiger partial charge in [-0.15, -0.1) is 6.58 Å². The molecule has 96 valence electrons. The number of ether oxygens (including phenoxy) is 2. The lowest BCUT2D eigenvalue weighted by Crippen LogP contribution is -2.00. The van der Waals surface area contributed by atoms with Gasteiger partial charge in [0.15, 0.2) is 0 Å². The van der Waals surface area contributed by atoms with Crippen LogP contribution in [0, 0.1) is 0 Å². The number of esters is 1. The van der Waals surface area contributed by atoms with Crippen LogP contribution in [0.25, 0.3) is 0 Å². The molecule has 0 heterocycles. The maximum atomic E-state index is 10.5. The molecule has 0 saturated carbocycles. The van der Waals surface area contributed by atoms with Crippen LogP contribution in [-0.2, 0) is 16.0 Å². The zero-order chi connectivity index (χ0) is 13.2. The van der Waals surface area contributed by atoms with Crippen LogP contribution >= 0.6 is 0 Å². The molecule has 0 fully saturated rings. The molecule has 0 atom stereocenters. The molecule has 0 bridgehead atoms. The van der Waals surface area contributed by atoms with Gasteiger partial charge < -0.3 is 9.47 Å². The first-order valence-electron chi connectivity index (χ1n) is 5.84. The van der Waals surface area contributed by atoms with Gasteiger partial charge in [0.05, 0.1) is 0 Å². The first kappa shape index (κ1) is 14.0. The molecule has 0 radical (unpaired) electrons. The van der Waals surface area contributed by atoms with Crippen molar-refractivity contribution in [3.8, 4) is 5.75 Å². The lowest BCUT2D eigenvalue weighted by atomic mass is 10.1. The summed E-state index contributed by atoms with van der Waals surface area (Å²) in [5.41, 5.74) is 1.11. The minimum Gasteiger partial charge on any atom is -0.489 e. The van der Waals surface area contributed by atoms with Gasteiger partial charge in [-0.3, -0.25) is 4.79 Å². The Hall–Kier alpha value is -2.03. The molecule has 0 unspecified atom stereocenters. The van der Waals surface area contributed by atoms with Crippen molar-refractivity contribution in [1.82, 2.24) is 0 Å². The number of carbonyl (C=O) groups excluding carboxylic acids is 1. The molecule has 0 amide bonds. The topological polar surface area (TPSA) is 35.5 Å². The average molecular weight is 246 g/mol. The van der Waals surface area contributed by atoms with Crippen LogP contribution in [0.4, 0.5) is 0 Å². The third-order valence-corrected chi connectivity index (χ3v) is 2.22. The van der Waals surface area contributed by atoms with Crippen molar-refractivity contribution in [2.45, 2.75) is 13.3 Å². The molecular weight excluding hydrogens is 228 g/mol. The largest absolute Gasteiger partial charge is 0.489 e. The molecule has 0 aliphatic heterocycles. The molecule has 0 saturated heterocycles. The van der Waals surface area contributed by atoms with Crippen LogP contribution in [0.1, 0.15) is 12.5 Å². The van der Waals surface area contributed by atoms with E-state index in [0.29, 0.717) is 6.61 Å². The van der Waals surface area contributed by atoms with Crippen LogP contribution < -0.4 is 4.74 Å². The fraction of sp³-hybridized carbons (Fsp3) is 0.267. The number of rotatable bonds is 7. The van der Waals surface area contributed by atoms with Crippen molar-refractivity contribution in [2.75, 3.05) is 13.2 Å². The summed E-state index contributed by atoms with van der Waals surface area (Å²) in [6.45, 7) is 5.84. The Kier molecular flexibility index (Phi) is 6.33.